The van der Waals surface area contributed by atoms with Crippen LogP contribution >= 0.6 is 34.3 Å². The first-order valence-corrected chi connectivity index (χ1v) is 7.72. The second-order valence-electron chi connectivity index (χ2n) is 4.06. The summed E-state index contributed by atoms with van der Waals surface area (Å²) >= 11 is 9.80. The monoisotopic (exact) mass is 296 g/mol. The third-order valence-corrected chi connectivity index (χ3v) is 5.55. The van der Waals surface area contributed by atoms with Gasteiger partial charge in [-0.05, 0) is 35.6 Å². The van der Waals surface area contributed by atoms with E-state index in [1.54, 1.807) is 34.8 Å². The van der Waals surface area contributed by atoms with Gasteiger partial charge in [0.15, 0.2) is 0 Å². The van der Waals surface area contributed by atoms with Crippen LogP contribution in [-0.4, -0.2) is 0 Å². The maximum atomic E-state index is 13.6. The van der Waals surface area contributed by atoms with E-state index in [0.29, 0.717) is 12.0 Å². The molecule has 3 aromatic rings. The fourth-order valence-corrected chi connectivity index (χ4v) is 4.36. The number of hydrogen-bond donors (Lipinski definition) is 0. The molecule has 0 N–H and O–H groups in total. The van der Waals surface area contributed by atoms with Crippen LogP contribution < -0.4 is 0 Å². The Morgan fingerprint density at radius 3 is 2.78 bits per heavy atom. The predicted molar refractivity (Wildman–Crippen MR) is 78.4 cm³/mol. The molecule has 0 aliphatic rings. The van der Waals surface area contributed by atoms with Gasteiger partial charge in [0.1, 0.15) is 5.82 Å². The molecular weight excluding hydrogens is 287 g/mol. The van der Waals surface area contributed by atoms with Crippen LogP contribution in [0.25, 0.3) is 9.40 Å². The van der Waals surface area contributed by atoms with Crippen molar-refractivity contribution in [2.75, 3.05) is 0 Å². The SMILES string of the molecule is Fc1ccccc1CC(Cl)c1cc2sccc2s1. The highest BCUT2D eigenvalue weighted by Crippen LogP contribution is 2.37. The van der Waals surface area contributed by atoms with Crippen molar-refractivity contribution in [1.82, 2.24) is 0 Å². The summed E-state index contributed by atoms with van der Waals surface area (Å²) < 4.78 is 16.1. The molecule has 1 unspecified atom stereocenters. The summed E-state index contributed by atoms with van der Waals surface area (Å²) in [5.74, 6) is -0.179. The molecule has 0 radical (unpaired) electrons. The fourth-order valence-electron chi connectivity index (χ4n) is 1.90. The summed E-state index contributed by atoms with van der Waals surface area (Å²) in [7, 11) is 0. The third kappa shape index (κ3) is 2.30. The minimum atomic E-state index is -0.179. The van der Waals surface area contributed by atoms with Crippen LogP contribution in [0.15, 0.2) is 41.8 Å². The van der Waals surface area contributed by atoms with Crippen LogP contribution in [-0.2, 0) is 6.42 Å². The number of alkyl halides is 1. The molecule has 0 amide bonds. The summed E-state index contributed by atoms with van der Waals surface area (Å²) in [6, 6.07) is 11.0. The Morgan fingerprint density at radius 1 is 1.17 bits per heavy atom. The zero-order valence-corrected chi connectivity index (χ0v) is 11.8. The number of hydrogen-bond acceptors (Lipinski definition) is 2. The lowest BCUT2D eigenvalue weighted by molar-refractivity contribution is 0.608. The van der Waals surface area contributed by atoms with E-state index in [-0.39, 0.29) is 11.2 Å². The number of benzene rings is 1. The largest absolute Gasteiger partial charge is 0.207 e. The normalized spacial score (nSPS) is 13.0. The predicted octanol–water partition coefficient (Wildman–Crippen LogP) is 5.62. The Hall–Kier alpha value is -0.900. The van der Waals surface area contributed by atoms with Crippen LogP contribution in [0.3, 0.4) is 0 Å². The highest BCUT2D eigenvalue weighted by molar-refractivity contribution is 7.27. The zero-order valence-electron chi connectivity index (χ0n) is 9.40. The Balaban J connectivity index is 1.85. The molecule has 0 nitrogen and oxygen atoms in total. The van der Waals surface area contributed by atoms with Crippen molar-refractivity contribution in [2.24, 2.45) is 0 Å². The minimum Gasteiger partial charge on any atom is -0.207 e. The van der Waals surface area contributed by atoms with Gasteiger partial charge in [-0.2, -0.15) is 0 Å². The average Bonchev–Trinajstić information content (AvgIpc) is 2.92. The first-order valence-electron chi connectivity index (χ1n) is 5.58. The van der Waals surface area contributed by atoms with Crippen molar-refractivity contribution in [3.63, 3.8) is 0 Å². The summed E-state index contributed by atoms with van der Waals surface area (Å²) in [6.07, 6.45) is 0.530. The van der Waals surface area contributed by atoms with E-state index in [1.165, 1.54) is 15.5 Å². The number of fused-ring (bicyclic) bond motifs is 1. The summed E-state index contributed by atoms with van der Waals surface area (Å²) in [6.45, 7) is 0. The van der Waals surface area contributed by atoms with Gasteiger partial charge in [0.2, 0.25) is 0 Å². The third-order valence-electron chi connectivity index (χ3n) is 2.82. The number of rotatable bonds is 3. The molecule has 3 rings (SSSR count). The molecule has 1 aromatic carbocycles. The first-order chi connectivity index (χ1) is 8.74. The van der Waals surface area contributed by atoms with Gasteiger partial charge in [-0.1, -0.05) is 18.2 Å². The van der Waals surface area contributed by atoms with Crippen LogP contribution in [0.5, 0.6) is 0 Å². The lowest BCUT2D eigenvalue weighted by Crippen LogP contribution is -1.96. The highest BCUT2D eigenvalue weighted by atomic mass is 35.5. The molecule has 1 atom stereocenters. The Kier molecular flexibility index (Phi) is 3.37. The van der Waals surface area contributed by atoms with E-state index in [2.05, 4.69) is 17.5 Å². The molecule has 4 heteroatoms. The topological polar surface area (TPSA) is 0 Å². The van der Waals surface area contributed by atoms with Crippen molar-refractivity contribution in [1.29, 1.82) is 0 Å². The highest BCUT2D eigenvalue weighted by Gasteiger charge is 2.14. The summed E-state index contributed by atoms with van der Waals surface area (Å²) in [5, 5.41) is 1.91. The maximum Gasteiger partial charge on any atom is 0.126 e. The van der Waals surface area contributed by atoms with Crippen LogP contribution in [0.1, 0.15) is 15.8 Å². The smallest absolute Gasteiger partial charge is 0.126 e. The molecule has 0 saturated heterocycles. The van der Waals surface area contributed by atoms with Crippen molar-refractivity contribution >= 4 is 43.7 Å². The molecule has 0 fully saturated rings. The molecule has 2 aromatic heterocycles. The van der Waals surface area contributed by atoms with E-state index in [4.69, 9.17) is 11.6 Å². The van der Waals surface area contributed by atoms with Crippen LogP contribution in [0, 0.1) is 5.82 Å². The summed E-state index contributed by atoms with van der Waals surface area (Å²) in [4.78, 5) is 1.11. The standard InChI is InChI=1S/C14H10ClFS2/c15-10(7-9-3-1-2-4-11(9)16)13-8-14-12(18-13)5-6-17-14/h1-6,8,10H,7H2. The lowest BCUT2D eigenvalue weighted by atomic mass is 10.1. The Labute approximate surface area is 118 Å². The van der Waals surface area contributed by atoms with E-state index in [0.717, 1.165) is 4.88 Å². The van der Waals surface area contributed by atoms with Crippen LogP contribution in [0.4, 0.5) is 4.39 Å². The van der Waals surface area contributed by atoms with Gasteiger partial charge in [-0.3, -0.25) is 0 Å². The molecule has 0 spiro atoms. The molecule has 92 valence electrons. The molecule has 18 heavy (non-hydrogen) atoms. The molecule has 0 saturated carbocycles. The first kappa shape index (κ1) is 12.2. The summed E-state index contributed by atoms with van der Waals surface area (Å²) in [5.41, 5.74) is 0.675. The Bertz CT molecular complexity index is 643. The van der Waals surface area contributed by atoms with Gasteiger partial charge in [-0.25, -0.2) is 4.39 Å². The minimum absolute atomic E-state index is 0.161. The molecule has 2 heterocycles. The van der Waals surface area contributed by atoms with Crippen LogP contribution in [0.2, 0.25) is 0 Å². The van der Waals surface area contributed by atoms with Gasteiger partial charge in [-0.15, -0.1) is 34.3 Å². The quantitative estimate of drug-likeness (QED) is 0.550. The van der Waals surface area contributed by atoms with Gasteiger partial charge in [0, 0.05) is 14.3 Å². The fraction of sp³-hybridized carbons (Fsp3) is 0.143. The molecule has 0 bridgehead atoms. The number of halogens is 2. The zero-order chi connectivity index (χ0) is 12.5. The van der Waals surface area contributed by atoms with E-state index in [9.17, 15) is 4.39 Å². The van der Waals surface area contributed by atoms with E-state index < -0.39 is 0 Å². The molecule has 0 aliphatic heterocycles. The van der Waals surface area contributed by atoms with Crippen molar-refractivity contribution < 1.29 is 4.39 Å². The van der Waals surface area contributed by atoms with Gasteiger partial charge in [0.05, 0.1) is 5.38 Å². The average molecular weight is 297 g/mol. The lowest BCUT2D eigenvalue weighted by Gasteiger charge is -2.07. The van der Waals surface area contributed by atoms with E-state index >= 15 is 0 Å². The molecular formula is C14H10ClFS2. The van der Waals surface area contributed by atoms with Crippen molar-refractivity contribution in [3.8, 4) is 0 Å². The number of thiophene rings is 2. The maximum absolute atomic E-state index is 13.6. The van der Waals surface area contributed by atoms with E-state index in [1.807, 2.05) is 6.07 Å². The van der Waals surface area contributed by atoms with Crippen molar-refractivity contribution in [2.45, 2.75) is 11.8 Å². The molecule has 0 aliphatic carbocycles. The second-order valence-corrected chi connectivity index (χ2v) is 6.65. The van der Waals surface area contributed by atoms with Gasteiger partial charge in [0.25, 0.3) is 0 Å². The second kappa shape index (κ2) is 5.00. The van der Waals surface area contributed by atoms with Gasteiger partial charge >= 0.3 is 0 Å². The van der Waals surface area contributed by atoms with Crippen molar-refractivity contribution in [3.05, 3.63) is 58.0 Å². The van der Waals surface area contributed by atoms with Gasteiger partial charge < -0.3 is 0 Å². The Morgan fingerprint density at radius 2 is 2.00 bits per heavy atom.